The van der Waals surface area contributed by atoms with Crippen LogP contribution >= 0.6 is 0 Å². The van der Waals surface area contributed by atoms with Gasteiger partial charge in [-0.1, -0.05) is 0 Å². The zero-order valence-electron chi connectivity index (χ0n) is 1.44. The molecule has 4 heteroatoms. The van der Waals surface area contributed by atoms with Crippen LogP contribution < -0.4 is 9.41 Å². The van der Waals surface area contributed by atoms with E-state index in [1.165, 1.54) is 0 Å². The first kappa shape index (κ1) is 493. The largest absolute Gasteiger partial charge is 2.00 e. The van der Waals surface area contributed by atoms with E-state index in [0.717, 1.165) is 0 Å². The predicted molar refractivity (Wildman–Crippen MR) is 1.11 cm³/mol. The van der Waals surface area contributed by atoms with E-state index in [1.807, 2.05) is 0 Å². The summed E-state index contributed by atoms with van der Waals surface area (Å²) in [5.74, 6) is 0. The molecular formula is CuF3. The Morgan fingerprint density at radius 1 is 0.750 bits per heavy atom. The minimum absolute atomic E-state index is 0. The van der Waals surface area contributed by atoms with Gasteiger partial charge in [-0.05, 0) is 0 Å². The van der Waals surface area contributed by atoms with Crippen LogP contribution in [0, 0.1) is 0 Å². The van der Waals surface area contributed by atoms with E-state index in [-0.39, 0.29) is 31.2 Å². The Morgan fingerprint density at radius 3 is 0.750 bits per heavy atom. The van der Waals surface area contributed by atoms with E-state index in [9.17, 15) is 0 Å². The molecule has 0 heterocycles. The molecule has 0 aromatic carbocycles. The van der Waals surface area contributed by atoms with Gasteiger partial charge in [0.2, 0.25) is 0 Å². The summed E-state index contributed by atoms with van der Waals surface area (Å²) < 4.78 is 0. The van der Waals surface area contributed by atoms with Crippen molar-refractivity contribution in [1.29, 1.82) is 0 Å². The van der Waals surface area contributed by atoms with Crippen LogP contribution in [0.1, 0.15) is 0 Å². The molecule has 0 aromatic heterocycles. The Bertz CT molecular complexity index is 3.25. The van der Waals surface area contributed by atoms with Gasteiger partial charge in [0.25, 0.3) is 0 Å². The summed E-state index contributed by atoms with van der Waals surface area (Å²) >= 11 is 0. The van der Waals surface area contributed by atoms with Gasteiger partial charge in [-0.3, -0.25) is 0 Å². The standard InChI is InChI=1S/Cu.2FH.F/h;2*1H;/q+2;;;/p-2. The van der Waals surface area contributed by atoms with Gasteiger partial charge in [0.1, 0.15) is 0 Å². The van der Waals surface area contributed by atoms with E-state index >= 15 is 0 Å². The molecule has 0 amide bonds. The van der Waals surface area contributed by atoms with Crippen molar-refractivity contribution >= 4 is 0 Å². The molecule has 0 aliphatic carbocycles. The SMILES string of the molecule is [Cu+2].[F-].[F-].[F]. The van der Waals surface area contributed by atoms with E-state index in [0.29, 0.717) is 0 Å². The van der Waals surface area contributed by atoms with Crippen LogP contribution in [0.2, 0.25) is 0 Å². The molecule has 0 aliphatic rings. The molecule has 0 atom stereocenters. The molecule has 0 nitrogen and oxygen atoms in total. The molecule has 4 heavy (non-hydrogen) atoms. The van der Waals surface area contributed by atoms with Crippen LogP contribution in [-0.4, -0.2) is 0 Å². The zero-order valence-corrected chi connectivity index (χ0v) is 2.38. The topological polar surface area (TPSA) is 0 Å². The smallest absolute Gasteiger partial charge is 1.00 e. The van der Waals surface area contributed by atoms with Crippen LogP contribution in [0.25, 0.3) is 0 Å². The van der Waals surface area contributed by atoms with Gasteiger partial charge in [0.15, 0.2) is 0 Å². The summed E-state index contributed by atoms with van der Waals surface area (Å²) in [7, 11) is 0. The van der Waals surface area contributed by atoms with Gasteiger partial charge in [-0.25, -0.2) is 0 Å². The van der Waals surface area contributed by atoms with Crippen LogP contribution in [0.5, 0.6) is 0 Å². The molecule has 0 unspecified atom stereocenters. The number of hydrogen-bond acceptors (Lipinski definition) is 0. The second kappa shape index (κ2) is 184. The fraction of sp³-hybridized carbons (Fsp3) is 0. The molecule has 0 spiro atoms. The van der Waals surface area contributed by atoms with Crippen molar-refractivity contribution in [3.05, 3.63) is 0 Å². The molecule has 0 aromatic rings. The molecule has 32 valence electrons. The number of rotatable bonds is 0. The summed E-state index contributed by atoms with van der Waals surface area (Å²) in [6.07, 6.45) is 0. The van der Waals surface area contributed by atoms with Crippen molar-refractivity contribution in [3.63, 3.8) is 0 Å². The molecule has 0 saturated heterocycles. The Balaban J connectivity index is 0. The van der Waals surface area contributed by atoms with Crippen molar-refractivity contribution in [2.75, 3.05) is 0 Å². The Hall–Kier alpha value is 0.309. The summed E-state index contributed by atoms with van der Waals surface area (Å²) in [5, 5.41) is 0. The van der Waals surface area contributed by atoms with Gasteiger partial charge >= 0.3 is 17.1 Å². The summed E-state index contributed by atoms with van der Waals surface area (Å²) in [6, 6.07) is 0. The number of halogens is 3. The fourth-order valence-corrected chi connectivity index (χ4v) is 0. The average molecular weight is 121 g/mol. The van der Waals surface area contributed by atoms with Crippen molar-refractivity contribution in [3.8, 4) is 0 Å². The fourth-order valence-electron chi connectivity index (χ4n) is 0. The van der Waals surface area contributed by atoms with Gasteiger partial charge in [-0.15, -0.1) is 0 Å². The monoisotopic (exact) mass is 120 g/mol. The quantitative estimate of drug-likeness (QED) is 0.280. The molecule has 0 bridgehead atoms. The summed E-state index contributed by atoms with van der Waals surface area (Å²) in [4.78, 5) is 0. The first-order valence-electron chi connectivity index (χ1n) is 0. The van der Waals surface area contributed by atoms with Crippen molar-refractivity contribution < 1.29 is 31.2 Å². The third kappa shape index (κ3) is 41.3. The van der Waals surface area contributed by atoms with Gasteiger partial charge in [0, 0.05) is 4.70 Å². The van der Waals surface area contributed by atoms with Gasteiger partial charge in [-0.2, -0.15) is 0 Å². The third-order valence-electron chi connectivity index (χ3n) is 0. The first-order chi connectivity index (χ1) is 0. The maximum absolute atomic E-state index is 0. The first-order valence-corrected chi connectivity index (χ1v) is 0. The minimum atomic E-state index is 0. The zero-order chi connectivity index (χ0) is 0. The Kier molecular flexibility index (Phi) is 22700. The van der Waals surface area contributed by atoms with Crippen molar-refractivity contribution in [2.45, 2.75) is 0 Å². The molecule has 0 N–H and O–H groups in total. The average Bonchev–Trinajstić information content (AvgIpc) is 0. The Labute approximate surface area is 32.2 Å². The van der Waals surface area contributed by atoms with Crippen LogP contribution in [0.4, 0.5) is 4.70 Å². The van der Waals surface area contributed by atoms with Crippen LogP contribution in [0.15, 0.2) is 0 Å². The van der Waals surface area contributed by atoms with E-state index in [1.54, 1.807) is 0 Å². The third-order valence-corrected chi connectivity index (χ3v) is 0. The van der Waals surface area contributed by atoms with E-state index in [4.69, 9.17) is 0 Å². The predicted octanol–water partition coefficient (Wildman–Crippen LogP) is -5.57. The second-order valence-electron chi connectivity index (χ2n) is 0. The molecule has 0 rings (SSSR count). The molecule has 0 saturated carbocycles. The van der Waals surface area contributed by atoms with Crippen LogP contribution in [0.3, 0.4) is 0 Å². The van der Waals surface area contributed by atoms with Crippen molar-refractivity contribution in [2.24, 2.45) is 0 Å². The van der Waals surface area contributed by atoms with Crippen molar-refractivity contribution in [1.82, 2.24) is 0 Å². The second-order valence-corrected chi connectivity index (χ2v) is 0. The summed E-state index contributed by atoms with van der Waals surface area (Å²) in [6.45, 7) is 0. The number of hydrogen-bond donors (Lipinski definition) is 0. The van der Waals surface area contributed by atoms with E-state index in [2.05, 4.69) is 0 Å². The molecule has 2 radical (unpaired) electrons. The van der Waals surface area contributed by atoms with E-state index < -0.39 is 0 Å². The maximum Gasteiger partial charge on any atom is 2.00 e. The van der Waals surface area contributed by atoms with Crippen LogP contribution in [-0.2, 0) is 17.1 Å². The normalized spacial score (nSPS) is 0. The molecule has 0 aliphatic heterocycles. The summed E-state index contributed by atoms with van der Waals surface area (Å²) in [5.41, 5.74) is 0. The van der Waals surface area contributed by atoms with Gasteiger partial charge in [0.05, 0.1) is 0 Å². The maximum atomic E-state index is 0. The van der Waals surface area contributed by atoms with Gasteiger partial charge < -0.3 is 9.41 Å². The molecule has 0 fully saturated rings. The Morgan fingerprint density at radius 2 is 0.750 bits per heavy atom. The molecular weight excluding hydrogens is 121 g/mol. The minimum Gasteiger partial charge on any atom is -1.00 e.